The lowest BCUT2D eigenvalue weighted by Crippen LogP contribution is -2.13. The number of nitrogens with zero attached hydrogens (tertiary/aromatic N) is 1. The van der Waals surface area contributed by atoms with Crippen LogP contribution in [0.2, 0.25) is 0 Å². The number of amides is 1. The Hall–Kier alpha value is -1.42. The summed E-state index contributed by atoms with van der Waals surface area (Å²) in [7, 11) is 0. The number of rotatable bonds is 4. The highest BCUT2D eigenvalue weighted by Crippen LogP contribution is 2.04. The molecule has 0 aliphatic heterocycles. The lowest BCUT2D eigenvalue weighted by Gasteiger charge is -2.03. The van der Waals surface area contributed by atoms with Crippen molar-refractivity contribution >= 4 is 5.91 Å². The largest absolute Gasteiger partial charge is 0.393 e. The van der Waals surface area contributed by atoms with Crippen molar-refractivity contribution in [3.8, 4) is 0 Å². The second kappa shape index (κ2) is 4.72. The zero-order valence-electron chi connectivity index (χ0n) is 8.10. The summed E-state index contributed by atoms with van der Waals surface area (Å²) in [5.74, 6) is -0.521. The van der Waals surface area contributed by atoms with Gasteiger partial charge in [0.1, 0.15) is 5.69 Å². The summed E-state index contributed by atoms with van der Waals surface area (Å²) in [6.07, 6.45) is 2.75. The molecule has 1 unspecified atom stereocenters. The molecule has 0 saturated heterocycles. The summed E-state index contributed by atoms with van der Waals surface area (Å²) in [6, 6.07) is 3.40. The average molecular weight is 194 g/mol. The van der Waals surface area contributed by atoms with Crippen LogP contribution in [0.3, 0.4) is 0 Å². The molecule has 1 amide bonds. The molecular weight excluding hydrogens is 180 g/mol. The summed E-state index contributed by atoms with van der Waals surface area (Å²) in [5, 5.41) is 9.06. The maximum absolute atomic E-state index is 10.7. The van der Waals surface area contributed by atoms with E-state index in [1.165, 1.54) is 0 Å². The fraction of sp³-hybridized carbons (Fsp3) is 0.400. The number of aromatic nitrogens is 1. The third kappa shape index (κ3) is 3.14. The Balaban J connectivity index is 2.60. The van der Waals surface area contributed by atoms with E-state index in [0.717, 1.165) is 12.0 Å². The summed E-state index contributed by atoms with van der Waals surface area (Å²) >= 11 is 0. The van der Waals surface area contributed by atoms with Gasteiger partial charge in [0.25, 0.3) is 5.91 Å². The molecule has 0 saturated carbocycles. The van der Waals surface area contributed by atoms with E-state index in [4.69, 9.17) is 10.8 Å². The van der Waals surface area contributed by atoms with Gasteiger partial charge in [0.15, 0.2) is 0 Å². The molecule has 4 heteroatoms. The smallest absolute Gasteiger partial charge is 0.267 e. The van der Waals surface area contributed by atoms with Crippen molar-refractivity contribution in [3.05, 3.63) is 29.6 Å². The summed E-state index contributed by atoms with van der Waals surface area (Å²) in [6.45, 7) is 1.74. The number of carbonyl (C=O) groups excluding carboxylic acids is 1. The van der Waals surface area contributed by atoms with E-state index in [1.54, 1.807) is 25.3 Å². The van der Waals surface area contributed by atoms with Crippen LogP contribution in [0.5, 0.6) is 0 Å². The lowest BCUT2D eigenvalue weighted by molar-refractivity contribution is 0.0995. The molecule has 1 aromatic heterocycles. The minimum atomic E-state index is -0.521. The van der Waals surface area contributed by atoms with Crippen molar-refractivity contribution in [2.75, 3.05) is 0 Å². The molecule has 0 aliphatic carbocycles. The number of hydrogen-bond acceptors (Lipinski definition) is 3. The van der Waals surface area contributed by atoms with Crippen LogP contribution in [0, 0.1) is 0 Å². The van der Waals surface area contributed by atoms with Gasteiger partial charge in [0.2, 0.25) is 0 Å². The molecule has 1 heterocycles. The Labute approximate surface area is 82.8 Å². The van der Waals surface area contributed by atoms with Gasteiger partial charge in [-0.2, -0.15) is 0 Å². The molecule has 0 aliphatic rings. The molecule has 1 atom stereocenters. The minimum absolute atomic E-state index is 0.269. The van der Waals surface area contributed by atoms with E-state index in [2.05, 4.69) is 4.98 Å². The van der Waals surface area contributed by atoms with Crippen LogP contribution in [0.15, 0.2) is 18.3 Å². The molecule has 1 aromatic rings. The van der Waals surface area contributed by atoms with Gasteiger partial charge in [-0.25, -0.2) is 0 Å². The van der Waals surface area contributed by atoms with Gasteiger partial charge in [-0.3, -0.25) is 9.78 Å². The van der Waals surface area contributed by atoms with Gasteiger partial charge in [0.05, 0.1) is 6.10 Å². The Morgan fingerprint density at radius 3 is 2.79 bits per heavy atom. The van der Waals surface area contributed by atoms with Gasteiger partial charge in [-0.1, -0.05) is 6.07 Å². The molecule has 14 heavy (non-hydrogen) atoms. The quantitative estimate of drug-likeness (QED) is 0.732. The standard InChI is InChI=1S/C10H14N2O2/c1-7(13)2-3-8-4-5-9(10(11)14)12-6-8/h4-7,13H,2-3H2,1H3,(H2,11,14). The van der Waals surface area contributed by atoms with E-state index in [1.807, 2.05) is 0 Å². The van der Waals surface area contributed by atoms with Gasteiger partial charge in [-0.05, 0) is 31.4 Å². The molecule has 0 aromatic carbocycles. The van der Waals surface area contributed by atoms with E-state index >= 15 is 0 Å². The van der Waals surface area contributed by atoms with E-state index in [0.29, 0.717) is 6.42 Å². The van der Waals surface area contributed by atoms with Crippen LogP contribution in [0.4, 0.5) is 0 Å². The number of nitrogens with two attached hydrogens (primary N) is 1. The van der Waals surface area contributed by atoms with E-state index in [-0.39, 0.29) is 11.8 Å². The van der Waals surface area contributed by atoms with Crippen LogP contribution in [-0.2, 0) is 6.42 Å². The predicted molar refractivity (Wildman–Crippen MR) is 52.8 cm³/mol. The number of carbonyl (C=O) groups is 1. The third-order valence-electron chi connectivity index (χ3n) is 1.93. The Morgan fingerprint density at radius 2 is 2.36 bits per heavy atom. The number of hydrogen-bond donors (Lipinski definition) is 2. The SMILES string of the molecule is CC(O)CCc1ccc(C(N)=O)nc1. The first-order valence-corrected chi connectivity index (χ1v) is 4.52. The zero-order valence-corrected chi connectivity index (χ0v) is 8.10. The van der Waals surface area contributed by atoms with Crippen LogP contribution in [0.25, 0.3) is 0 Å². The van der Waals surface area contributed by atoms with Crippen molar-refractivity contribution in [1.82, 2.24) is 4.98 Å². The molecule has 1 rings (SSSR count). The normalized spacial score (nSPS) is 12.4. The number of aliphatic hydroxyl groups is 1. The van der Waals surface area contributed by atoms with Gasteiger partial charge in [-0.15, -0.1) is 0 Å². The number of primary amides is 1. The Bertz CT molecular complexity index is 306. The highest BCUT2D eigenvalue weighted by molar-refractivity contribution is 5.90. The fourth-order valence-corrected chi connectivity index (χ4v) is 1.09. The Morgan fingerprint density at radius 1 is 1.64 bits per heavy atom. The number of aryl methyl sites for hydroxylation is 1. The van der Waals surface area contributed by atoms with Crippen molar-refractivity contribution in [3.63, 3.8) is 0 Å². The van der Waals surface area contributed by atoms with Gasteiger partial charge >= 0.3 is 0 Å². The molecule has 0 spiro atoms. The fourth-order valence-electron chi connectivity index (χ4n) is 1.09. The maximum Gasteiger partial charge on any atom is 0.267 e. The monoisotopic (exact) mass is 194 g/mol. The maximum atomic E-state index is 10.7. The molecule has 0 radical (unpaired) electrons. The van der Waals surface area contributed by atoms with Crippen LogP contribution >= 0.6 is 0 Å². The zero-order chi connectivity index (χ0) is 10.6. The average Bonchev–Trinajstić information content (AvgIpc) is 2.15. The molecular formula is C10H14N2O2. The van der Waals surface area contributed by atoms with Crippen molar-refractivity contribution in [1.29, 1.82) is 0 Å². The van der Waals surface area contributed by atoms with E-state index < -0.39 is 5.91 Å². The van der Waals surface area contributed by atoms with Crippen molar-refractivity contribution in [2.45, 2.75) is 25.9 Å². The molecule has 4 nitrogen and oxygen atoms in total. The summed E-state index contributed by atoms with van der Waals surface area (Å²) in [4.78, 5) is 14.6. The first kappa shape index (κ1) is 10.7. The summed E-state index contributed by atoms with van der Waals surface area (Å²) < 4.78 is 0. The number of aliphatic hydroxyl groups excluding tert-OH is 1. The topological polar surface area (TPSA) is 76.2 Å². The lowest BCUT2D eigenvalue weighted by atomic mass is 10.1. The first-order chi connectivity index (χ1) is 6.59. The molecule has 3 N–H and O–H groups in total. The minimum Gasteiger partial charge on any atom is -0.393 e. The highest BCUT2D eigenvalue weighted by Gasteiger charge is 2.02. The molecule has 0 fully saturated rings. The summed E-state index contributed by atoms with van der Waals surface area (Å²) in [5.41, 5.74) is 6.31. The second-order valence-corrected chi connectivity index (χ2v) is 3.30. The predicted octanol–water partition coefficient (Wildman–Crippen LogP) is 0.494. The molecule has 0 bridgehead atoms. The van der Waals surface area contributed by atoms with Crippen molar-refractivity contribution < 1.29 is 9.90 Å². The van der Waals surface area contributed by atoms with Crippen molar-refractivity contribution in [2.24, 2.45) is 5.73 Å². The molecule has 76 valence electrons. The Kier molecular flexibility index (Phi) is 3.59. The van der Waals surface area contributed by atoms with Gasteiger partial charge < -0.3 is 10.8 Å². The first-order valence-electron chi connectivity index (χ1n) is 4.52. The second-order valence-electron chi connectivity index (χ2n) is 3.30. The van der Waals surface area contributed by atoms with Crippen LogP contribution in [0.1, 0.15) is 29.4 Å². The number of pyridine rings is 1. The third-order valence-corrected chi connectivity index (χ3v) is 1.93. The van der Waals surface area contributed by atoms with Crippen LogP contribution in [-0.4, -0.2) is 22.1 Å². The van der Waals surface area contributed by atoms with E-state index in [9.17, 15) is 4.79 Å². The van der Waals surface area contributed by atoms with Gasteiger partial charge in [0, 0.05) is 6.20 Å². The van der Waals surface area contributed by atoms with Crippen LogP contribution < -0.4 is 5.73 Å². The highest BCUT2D eigenvalue weighted by atomic mass is 16.3.